The van der Waals surface area contributed by atoms with E-state index in [4.69, 9.17) is 9.88 Å². The van der Waals surface area contributed by atoms with Gasteiger partial charge in [-0.2, -0.15) is 0 Å². The second kappa shape index (κ2) is 7.67. The smallest absolute Gasteiger partial charge is 0.253 e. The van der Waals surface area contributed by atoms with Gasteiger partial charge in [0.05, 0.1) is 7.11 Å². The van der Waals surface area contributed by atoms with Crippen molar-refractivity contribution in [3.8, 4) is 16.9 Å². The maximum Gasteiger partial charge on any atom is 0.253 e. The number of ether oxygens (including phenoxy) is 1. The van der Waals surface area contributed by atoms with Crippen molar-refractivity contribution < 1.29 is 17.9 Å². The zero-order valence-electron chi connectivity index (χ0n) is 14.5. The molecule has 0 unspecified atom stereocenters. The van der Waals surface area contributed by atoms with Gasteiger partial charge in [0.1, 0.15) is 10.6 Å². The minimum atomic E-state index is -3.92. The normalized spacial score (nSPS) is 11.2. The number of amides is 1. The Morgan fingerprint density at radius 2 is 1.72 bits per heavy atom. The van der Waals surface area contributed by atoms with Gasteiger partial charge in [0, 0.05) is 18.7 Å². The molecule has 0 saturated heterocycles. The molecule has 2 aromatic rings. The van der Waals surface area contributed by atoms with Crippen LogP contribution >= 0.6 is 0 Å². The van der Waals surface area contributed by atoms with Gasteiger partial charge in [-0.3, -0.25) is 4.79 Å². The minimum Gasteiger partial charge on any atom is -0.495 e. The number of benzene rings is 2. The van der Waals surface area contributed by atoms with Crippen LogP contribution in [0.3, 0.4) is 0 Å². The average molecular weight is 362 g/mol. The third-order valence-electron chi connectivity index (χ3n) is 3.96. The highest BCUT2D eigenvalue weighted by atomic mass is 32.2. The summed E-state index contributed by atoms with van der Waals surface area (Å²) in [6.45, 7) is 5.09. The topological polar surface area (TPSA) is 89.7 Å². The van der Waals surface area contributed by atoms with E-state index >= 15 is 0 Å². The Morgan fingerprint density at radius 3 is 2.28 bits per heavy atom. The lowest BCUT2D eigenvalue weighted by Crippen LogP contribution is -2.30. The van der Waals surface area contributed by atoms with Crippen LogP contribution in [0.4, 0.5) is 0 Å². The first-order valence-corrected chi connectivity index (χ1v) is 9.47. The Hall–Kier alpha value is -2.38. The number of hydrogen-bond acceptors (Lipinski definition) is 4. The molecule has 2 N–H and O–H groups in total. The summed E-state index contributed by atoms with van der Waals surface area (Å²) in [6, 6.07) is 11.8. The SMILES string of the molecule is CCN(CC)C(=O)c1cccc(-c2ccc(OC)c(S(N)(=O)=O)c2)c1. The van der Waals surface area contributed by atoms with E-state index in [1.54, 1.807) is 35.2 Å². The monoisotopic (exact) mass is 362 g/mol. The standard InChI is InChI=1S/C18H22N2O4S/c1-4-20(5-2)18(21)15-8-6-7-13(11-15)14-9-10-16(24-3)17(12-14)25(19,22)23/h6-12H,4-5H2,1-3H3,(H2,19,22,23). The summed E-state index contributed by atoms with van der Waals surface area (Å²) in [5.74, 6) is 0.119. The molecule has 0 atom stereocenters. The molecule has 0 radical (unpaired) electrons. The van der Waals surface area contributed by atoms with Crippen molar-refractivity contribution in [2.75, 3.05) is 20.2 Å². The summed E-state index contributed by atoms with van der Waals surface area (Å²) in [5.41, 5.74) is 1.92. The largest absolute Gasteiger partial charge is 0.495 e. The van der Waals surface area contributed by atoms with Crippen LogP contribution in [0.15, 0.2) is 47.4 Å². The molecule has 0 aromatic heterocycles. The van der Waals surface area contributed by atoms with E-state index in [1.165, 1.54) is 13.2 Å². The summed E-state index contributed by atoms with van der Waals surface area (Å²) in [7, 11) is -2.54. The van der Waals surface area contributed by atoms with Crippen molar-refractivity contribution in [3.63, 3.8) is 0 Å². The van der Waals surface area contributed by atoms with Crippen molar-refractivity contribution in [1.82, 2.24) is 4.90 Å². The van der Waals surface area contributed by atoms with Crippen LogP contribution in [-0.4, -0.2) is 39.4 Å². The number of nitrogens with two attached hydrogens (primary N) is 1. The molecular weight excluding hydrogens is 340 g/mol. The fourth-order valence-corrected chi connectivity index (χ4v) is 3.33. The number of primary sulfonamides is 1. The summed E-state index contributed by atoms with van der Waals surface area (Å²) >= 11 is 0. The number of rotatable bonds is 6. The predicted molar refractivity (Wildman–Crippen MR) is 97.1 cm³/mol. The lowest BCUT2D eigenvalue weighted by atomic mass is 10.0. The second-order valence-corrected chi connectivity index (χ2v) is 7.00. The predicted octanol–water partition coefficient (Wildman–Crippen LogP) is 2.49. The molecule has 0 saturated carbocycles. The molecule has 0 spiro atoms. The lowest BCUT2D eigenvalue weighted by molar-refractivity contribution is 0.0773. The molecule has 0 aliphatic carbocycles. The summed E-state index contributed by atoms with van der Waals surface area (Å²) in [5, 5.41) is 5.27. The van der Waals surface area contributed by atoms with E-state index in [0.717, 1.165) is 5.56 Å². The Kier molecular flexibility index (Phi) is 5.81. The van der Waals surface area contributed by atoms with E-state index in [0.29, 0.717) is 24.2 Å². The molecule has 0 aliphatic heterocycles. The van der Waals surface area contributed by atoms with Crippen molar-refractivity contribution in [2.24, 2.45) is 5.14 Å². The number of methoxy groups -OCH3 is 1. The lowest BCUT2D eigenvalue weighted by Gasteiger charge is -2.19. The van der Waals surface area contributed by atoms with Gasteiger partial charge in [0.15, 0.2) is 0 Å². The highest BCUT2D eigenvalue weighted by molar-refractivity contribution is 7.89. The van der Waals surface area contributed by atoms with E-state index in [-0.39, 0.29) is 16.6 Å². The highest BCUT2D eigenvalue weighted by Crippen LogP contribution is 2.29. The van der Waals surface area contributed by atoms with Gasteiger partial charge in [-0.25, -0.2) is 13.6 Å². The number of hydrogen-bond donors (Lipinski definition) is 1. The molecular formula is C18H22N2O4S. The molecule has 7 heteroatoms. The number of carbonyl (C=O) groups excluding carboxylic acids is 1. The van der Waals surface area contributed by atoms with Crippen LogP contribution < -0.4 is 9.88 Å². The van der Waals surface area contributed by atoms with E-state index in [1.807, 2.05) is 19.9 Å². The summed E-state index contributed by atoms with van der Waals surface area (Å²) < 4.78 is 28.6. The summed E-state index contributed by atoms with van der Waals surface area (Å²) in [6.07, 6.45) is 0. The molecule has 1 amide bonds. The van der Waals surface area contributed by atoms with Crippen molar-refractivity contribution in [3.05, 3.63) is 48.0 Å². The fraction of sp³-hybridized carbons (Fsp3) is 0.278. The third-order valence-corrected chi connectivity index (χ3v) is 4.90. The highest BCUT2D eigenvalue weighted by Gasteiger charge is 2.17. The maximum absolute atomic E-state index is 12.5. The molecule has 6 nitrogen and oxygen atoms in total. The molecule has 0 heterocycles. The van der Waals surface area contributed by atoms with E-state index in [2.05, 4.69) is 0 Å². The van der Waals surface area contributed by atoms with Gasteiger partial charge in [-0.05, 0) is 49.2 Å². The number of nitrogens with zero attached hydrogens (tertiary/aromatic N) is 1. The zero-order valence-corrected chi connectivity index (χ0v) is 15.3. The zero-order chi connectivity index (χ0) is 18.6. The van der Waals surface area contributed by atoms with Crippen molar-refractivity contribution in [1.29, 1.82) is 0 Å². The molecule has 0 aliphatic rings. The van der Waals surface area contributed by atoms with Gasteiger partial charge in [0.25, 0.3) is 5.91 Å². The van der Waals surface area contributed by atoms with Crippen LogP contribution in [0, 0.1) is 0 Å². The Morgan fingerprint density at radius 1 is 1.08 bits per heavy atom. The van der Waals surface area contributed by atoms with Gasteiger partial charge >= 0.3 is 0 Å². The number of sulfonamides is 1. The average Bonchev–Trinajstić information content (AvgIpc) is 2.61. The molecule has 134 valence electrons. The maximum atomic E-state index is 12.5. The first-order valence-electron chi connectivity index (χ1n) is 7.92. The van der Waals surface area contributed by atoms with Crippen LogP contribution in [0.2, 0.25) is 0 Å². The van der Waals surface area contributed by atoms with Gasteiger partial charge in [-0.1, -0.05) is 18.2 Å². The minimum absolute atomic E-state index is 0.0629. The molecule has 0 bridgehead atoms. The van der Waals surface area contributed by atoms with Gasteiger partial charge < -0.3 is 9.64 Å². The first-order chi connectivity index (χ1) is 11.8. The molecule has 2 aromatic carbocycles. The summed E-state index contributed by atoms with van der Waals surface area (Å²) in [4.78, 5) is 14.1. The van der Waals surface area contributed by atoms with Crippen molar-refractivity contribution in [2.45, 2.75) is 18.7 Å². The van der Waals surface area contributed by atoms with E-state index < -0.39 is 10.0 Å². The molecule has 25 heavy (non-hydrogen) atoms. The molecule has 0 fully saturated rings. The van der Waals surface area contributed by atoms with Crippen LogP contribution in [0.1, 0.15) is 24.2 Å². The van der Waals surface area contributed by atoms with Crippen LogP contribution in [0.5, 0.6) is 5.75 Å². The Bertz CT molecular complexity index is 874. The first kappa shape index (κ1) is 19.0. The second-order valence-electron chi connectivity index (χ2n) is 5.47. The van der Waals surface area contributed by atoms with Crippen LogP contribution in [-0.2, 0) is 10.0 Å². The third kappa shape index (κ3) is 4.18. The Labute approximate surface area is 148 Å². The van der Waals surface area contributed by atoms with Gasteiger partial charge in [-0.15, -0.1) is 0 Å². The van der Waals surface area contributed by atoms with E-state index in [9.17, 15) is 13.2 Å². The van der Waals surface area contributed by atoms with Crippen LogP contribution in [0.25, 0.3) is 11.1 Å². The number of carbonyl (C=O) groups is 1. The van der Waals surface area contributed by atoms with Gasteiger partial charge in [0.2, 0.25) is 10.0 Å². The molecule has 2 rings (SSSR count). The Balaban J connectivity index is 2.50. The van der Waals surface area contributed by atoms with Crippen molar-refractivity contribution >= 4 is 15.9 Å². The fourth-order valence-electron chi connectivity index (χ4n) is 2.60. The quantitative estimate of drug-likeness (QED) is 0.855.